The van der Waals surface area contributed by atoms with Gasteiger partial charge >= 0.3 is 0 Å². The minimum Gasteiger partial charge on any atom is -0.497 e. The van der Waals surface area contributed by atoms with Gasteiger partial charge in [-0.25, -0.2) is 18.4 Å². The van der Waals surface area contributed by atoms with Gasteiger partial charge < -0.3 is 10.1 Å². The molecule has 7 heteroatoms. The molecule has 25 heavy (non-hydrogen) atoms. The molecule has 1 aromatic heterocycles. The maximum absolute atomic E-state index is 11.8. The van der Waals surface area contributed by atoms with Crippen molar-refractivity contribution in [1.82, 2.24) is 9.97 Å². The van der Waals surface area contributed by atoms with Crippen LogP contribution in [0.25, 0.3) is 10.9 Å². The highest BCUT2D eigenvalue weighted by Crippen LogP contribution is 2.23. The van der Waals surface area contributed by atoms with E-state index in [1.54, 1.807) is 25.3 Å². The molecule has 0 radical (unpaired) electrons. The van der Waals surface area contributed by atoms with E-state index in [0.717, 1.165) is 12.2 Å². The maximum Gasteiger partial charge on any atom is 0.175 e. The van der Waals surface area contributed by atoms with Crippen LogP contribution in [0.2, 0.25) is 0 Å². The number of methoxy groups -OCH3 is 1. The SMILES string of the molecule is COc1ccc(CCNc2ncnc3ccc(S(C)(=O)=O)cc23)cc1. The van der Waals surface area contributed by atoms with Crippen LogP contribution in [0, 0.1) is 0 Å². The molecule has 0 aliphatic heterocycles. The lowest BCUT2D eigenvalue weighted by Gasteiger charge is -2.09. The van der Waals surface area contributed by atoms with Gasteiger partial charge in [-0.1, -0.05) is 12.1 Å². The summed E-state index contributed by atoms with van der Waals surface area (Å²) in [6, 6.07) is 12.7. The lowest BCUT2D eigenvalue weighted by atomic mass is 10.1. The van der Waals surface area contributed by atoms with Crippen molar-refractivity contribution in [1.29, 1.82) is 0 Å². The van der Waals surface area contributed by atoms with E-state index in [2.05, 4.69) is 15.3 Å². The van der Waals surface area contributed by atoms with E-state index in [1.807, 2.05) is 24.3 Å². The largest absolute Gasteiger partial charge is 0.497 e. The zero-order chi connectivity index (χ0) is 17.9. The van der Waals surface area contributed by atoms with Crippen molar-refractivity contribution in [3.05, 3.63) is 54.4 Å². The summed E-state index contributed by atoms with van der Waals surface area (Å²) in [6.45, 7) is 0.668. The molecule has 0 amide bonds. The monoisotopic (exact) mass is 357 g/mol. The summed E-state index contributed by atoms with van der Waals surface area (Å²) < 4.78 is 28.7. The second kappa shape index (κ2) is 7.06. The fourth-order valence-corrected chi connectivity index (χ4v) is 3.17. The smallest absolute Gasteiger partial charge is 0.175 e. The van der Waals surface area contributed by atoms with Gasteiger partial charge in [0.15, 0.2) is 9.84 Å². The van der Waals surface area contributed by atoms with Crippen LogP contribution in [0.5, 0.6) is 5.75 Å². The van der Waals surface area contributed by atoms with Gasteiger partial charge in [0.1, 0.15) is 17.9 Å². The molecule has 6 nitrogen and oxygen atoms in total. The van der Waals surface area contributed by atoms with Crippen molar-refractivity contribution < 1.29 is 13.2 Å². The number of sulfone groups is 1. The number of ether oxygens (including phenoxy) is 1. The van der Waals surface area contributed by atoms with E-state index in [1.165, 1.54) is 18.1 Å². The van der Waals surface area contributed by atoms with E-state index in [0.29, 0.717) is 23.3 Å². The molecule has 1 heterocycles. The number of hydrogen-bond acceptors (Lipinski definition) is 6. The molecule has 0 aliphatic carbocycles. The van der Waals surface area contributed by atoms with Crippen LogP contribution in [0.4, 0.5) is 5.82 Å². The van der Waals surface area contributed by atoms with Gasteiger partial charge in [-0.3, -0.25) is 0 Å². The second-order valence-electron chi connectivity index (χ2n) is 5.70. The van der Waals surface area contributed by atoms with Gasteiger partial charge in [-0.05, 0) is 42.3 Å². The Morgan fingerprint density at radius 3 is 2.52 bits per heavy atom. The van der Waals surface area contributed by atoms with Crippen LogP contribution in [-0.4, -0.2) is 38.3 Å². The molecule has 0 fully saturated rings. The summed E-state index contributed by atoms with van der Waals surface area (Å²) in [5.41, 5.74) is 1.87. The highest BCUT2D eigenvalue weighted by atomic mass is 32.2. The molecule has 0 saturated heterocycles. The fraction of sp³-hybridized carbons (Fsp3) is 0.222. The molecule has 0 bridgehead atoms. The molecule has 0 unspecified atom stereocenters. The van der Waals surface area contributed by atoms with Gasteiger partial charge in [-0.2, -0.15) is 0 Å². The average Bonchev–Trinajstić information content (AvgIpc) is 2.61. The number of benzene rings is 2. The van der Waals surface area contributed by atoms with Crippen LogP contribution in [0.3, 0.4) is 0 Å². The fourth-order valence-electron chi connectivity index (χ4n) is 2.52. The van der Waals surface area contributed by atoms with Crippen LogP contribution >= 0.6 is 0 Å². The molecule has 3 rings (SSSR count). The summed E-state index contributed by atoms with van der Waals surface area (Å²) in [5.74, 6) is 1.45. The van der Waals surface area contributed by atoms with Crippen LogP contribution in [0.15, 0.2) is 53.7 Å². The zero-order valence-electron chi connectivity index (χ0n) is 14.1. The number of hydrogen-bond donors (Lipinski definition) is 1. The highest BCUT2D eigenvalue weighted by Gasteiger charge is 2.11. The predicted molar refractivity (Wildman–Crippen MR) is 97.8 cm³/mol. The lowest BCUT2D eigenvalue weighted by molar-refractivity contribution is 0.414. The van der Waals surface area contributed by atoms with Crippen molar-refractivity contribution >= 4 is 26.6 Å². The highest BCUT2D eigenvalue weighted by molar-refractivity contribution is 7.90. The zero-order valence-corrected chi connectivity index (χ0v) is 14.9. The van der Waals surface area contributed by atoms with Crippen molar-refractivity contribution in [3.8, 4) is 5.75 Å². The summed E-state index contributed by atoms with van der Waals surface area (Å²) in [5, 5.41) is 3.96. The Bertz CT molecular complexity index is 986. The molecule has 3 aromatic rings. The minimum absolute atomic E-state index is 0.257. The van der Waals surface area contributed by atoms with E-state index < -0.39 is 9.84 Å². The Morgan fingerprint density at radius 1 is 1.08 bits per heavy atom. The van der Waals surface area contributed by atoms with E-state index in [4.69, 9.17) is 4.74 Å². The second-order valence-corrected chi connectivity index (χ2v) is 7.71. The van der Waals surface area contributed by atoms with E-state index in [9.17, 15) is 8.42 Å². The van der Waals surface area contributed by atoms with Crippen molar-refractivity contribution in [2.24, 2.45) is 0 Å². The van der Waals surface area contributed by atoms with Crippen LogP contribution in [0.1, 0.15) is 5.56 Å². The van der Waals surface area contributed by atoms with Gasteiger partial charge in [0, 0.05) is 18.2 Å². The predicted octanol–water partition coefficient (Wildman–Crippen LogP) is 2.70. The Morgan fingerprint density at radius 2 is 1.84 bits per heavy atom. The molecule has 130 valence electrons. The first-order chi connectivity index (χ1) is 12.0. The molecule has 0 atom stereocenters. The topological polar surface area (TPSA) is 81.2 Å². The Hall–Kier alpha value is -2.67. The average molecular weight is 357 g/mol. The first-order valence-electron chi connectivity index (χ1n) is 7.79. The first-order valence-corrected chi connectivity index (χ1v) is 9.68. The van der Waals surface area contributed by atoms with Gasteiger partial charge in [0.05, 0.1) is 17.5 Å². The minimum atomic E-state index is -3.28. The molecule has 1 N–H and O–H groups in total. The summed E-state index contributed by atoms with van der Waals surface area (Å²) >= 11 is 0. The third-order valence-corrected chi connectivity index (χ3v) is 5.01. The van der Waals surface area contributed by atoms with Crippen molar-refractivity contribution in [2.45, 2.75) is 11.3 Å². The van der Waals surface area contributed by atoms with Gasteiger partial charge in [-0.15, -0.1) is 0 Å². The Kier molecular flexibility index (Phi) is 4.85. The number of nitrogens with one attached hydrogen (secondary N) is 1. The van der Waals surface area contributed by atoms with Crippen LogP contribution in [-0.2, 0) is 16.3 Å². The van der Waals surface area contributed by atoms with Crippen molar-refractivity contribution in [3.63, 3.8) is 0 Å². The molecular formula is C18H19N3O3S. The summed E-state index contributed by atoms with van der Waals surface area (Å²) in [4.78, 5) is 8.70. The van der Waals surface area contributed by atoms with Gasteiger partial charge in [0.2, 0.25) is 0 Å². The third kappa shape index (κ3) is 4.06. The molecule has 0 saturated carbocycles. The summed E-state index contributed by atoms with van der Waals surface area (Å²) in [6.07, 6.45) is 3.47. The number of rotatable bonds is 6. The quantitative estimate of drug-likeness (QED) is 0.730. The van der Waals surface area contributed by atoms with Gasteiger partial charge in [0.25, 0.3) is 0 Å². The van der Waals surface area contributed by atoms with Crippen LogP contribution < -0.4 is 10.1 Å². The standard InChI is InChI=1S/C18H19N3O3S/c1-24-14-5-3-13(4-6-14)9-10-19-18-16-11-15(25(2,22)23)7-8-17(16)20-12-21-18/h3-8,11-12H,9-10H2,1-2H3,(H,19,20,21). The maximum atomic E-state index is 11.8. The van der Waals surface area contributed by atoms with Crippen molar-refractivity contribution in [2.75, 3.05) is 25.2 Å². The Labute approximate surface area is 146 Å². The van der Waals surface area contributed by atoms with E-state index in [-0.39, 0.29) is 4.90 Å². The van der Waals surface area contributed by atoms with E-state index >= 15 is 0 Å². The number of anilines is 1. The number of nitrogens with zero attached hydrogens (tertiary/aromatic N) is 2. The molecule has 0 aliphatic rings. The molecule has 0 spiro atoms. The number of aromatic nitrogens is 2. The lowest BCUT2D eigenvalue weighted by Crippen LogP contribution is -2.07. The number of fused-ring (bicyclic) bond motifs is 1. The molecule has 2 aromatic carbocycles. The third-order valence-electron chi connectivity index (χ3n) is 3.90. The molecular weight excluding hydrogens is 338 g/mol. The Balaban J connectivity index is 1.78. The first kappa shape index (κ1) is 17.2. The summed E-state index contributed by atoms with van der Waals surface area (Å²) in [7, 11) is -1.64. The normalized spacial score (nSPS) is 11.4.